The Morgan fingerprint density at radius 1 is 1.35 bits per heavy atom. The van der Waals surface area contributed by atoms with Crippen molar-refractivity contribution in [1.29, 1.82) is 0 Å². The van der Waals surface area contributed by atoms with Crippen molar-refractivity contribution in [2.75, 3.05) is 24.1 Å². The second-order valence-corrected chi connectivity index (χ2v) is 7.17. The van der Waals surface area contributed by atoms with Crippen molar-refractivity contribution >= 4 is 17.3 Å². The Morgan fingerprint density at radius 2 is 1.96 bits per heavy atom. The molecule has 6 heteroatoms. The average Bonchev–Trinajstić information content (AvgIpc) is 2.45. The lowest BCUT2D eigenvalue weighted by atomic mass is 9.98. The second-order valence-electron chi connectivity index (χ2n) is 7.17. The molecule has 0 unspecified atom stereocenters. The van der Waals surface area contributed by atoms with Crippen molar-refractivity contribution in [1.82, 2.24) is 5.06 Å². The maximum absolute atomic E-state index is 13.7. The van der Waals surface area contributed by atoms with Crippen LogP contribution in [-0.2, 0) is 9.63 Å². The number of hydrogen-bond acceptors (Lipinski definition) is 5. The van der Waals surface area contributed by atoms with Gasteiger partial charge in [-0.1, -0.05) is 0 Å². The highest BCUT2D eigenvalue weighted by atomic mass is 19.1. The maximum atomic E-state index is 13.7. The summed E-state index contributed by atoms with van der Waals surface area (Å²) in [6.07, 6.45) is 1.60. The van der Waals surface area contributed by atoms with Gasteiger partial charge in [-0.25, -0.2) is 9.18 Å². The number of hydrogen-bond donors (Lipinski definition) is 2. The molecule has 1 aliphatic heterocycles. The minimum atomic E-state index is -0.511. The predicted molar refractivity (Wildman–Crippen MR) is 89.3 cm³/mol. The van der Waals surface area contributed by atoms with E-state index in [0.29, 0.717) is 30.0 Å². The maximum Gasteiger partial charge on any atom is 0.330 e. The number of nitrogen functional groups attached to an aromatic ring is 1. The van der Waals surface area contributed by atoms with Crippen LogP contribution in [0.1, 0.15) is 39.2 Å². The van der Waals surface area contributed by atoms with E-state index in [4.69, 9.17) is 10.6 Å². The monoisotopic (exact) mass is 323 g/mol. The molecule has 1 saturated heterocycles. The molecular formula is C17H26FN3O2. The summed E-state index contributed by atoms with van der Waals surface area (Å²) in [5.41, 5.74) is 7.14. The minimum Gasteiger partial charge on any atom is -0.397 e. The number of piperidine rings is 1. The molecule has 0 aliphatic carbocycles. The lowest BCUT2D eigenvalue weighted by molar-refractivity contribution is -0.204. The van der Waals surface area contributed by atoms with Crippen molar-refractivity contribution in [3.05, 3.63) is 23.5 Å². The van der Waals surface area contributed by atoms with Gasteiger partial charge in [0.25, 0.3) is 0 Å². The van der Waals surface area contributed by atoms with Crippen LogP contribution in [0.3, 0.4) is 0 Å². The lowest BCUT2D eigenvalue weighted by Gasteiger charge is -2.33. The van der Waals surface area contributed by atoms with Gasteiger partial charge in [0.2, 0.25) is 0 Å². The van der Waals surface area contributed by atoms with Gasteiger partial charge >= 0.3 is 5.97 Å². The number of benzene rings is 1. The van der Waals surface area contributed by atoms with E-state index in [1.165, 1.54) is 6.07 Å². The molecule has 23 heavy (non-hydrogen) atoms. The third-order valence-electron chi connectivity index (χ3n) is 3.97. The fourth-order valence-electron chi connectivity index (χ4n) is 2.39. The van der Waals surface area contributed by atoms with E-state index in [2.05, 4.69) is 5.32 Å². The molecule has 0 aromatic heterocycles. The van der Waals surface area contributed by atoms with E-state index >= 15 is 0 Å². The van der Waals surface area contributed by atoms with E-state index in [1.54, 1.807) is 18.1 Å². The number of nitrogens with one attached hydrogen (secondary N) is 1. The number of aryl methyl sites for hydroxylation is 1. The predicted octanol–water partition coefficient (Wildman–Crippen LogP) is 3.10. The van der Waals surface area contributed by atoms with E-state index < -0.39 is 5.41 Å². The van der Waals surface area contributed by atoms with E-state index in [-0.39, 0.29) is 17.8 Å². The van der Waals surface area contributed by atoms with E-state index in [1.807, 2.05) is 20.8 Å². The highest BCUT2D eigenvalue weighted by Gasteiger charge is 2.28. The number of hydroxylamine groups is 2. The fraction of sp³-hybridized carbons (Fsp3) is 0.588. The molecule has 2 rings (SSSR count). The smallest absolute Gasteiger partial charge is 0.330 e. The zero-order valence-electron chi connectivity index (χ0n) is 14.3. The molecule has 5 nitrogen and oxygen atoms in total. The van der Waals surface area contributed by atoms with Crippen molar-refractivity contribution < 1.29 is 14.0 Å². The van der Waals surface area contributed by atoms with Crippen molar-refractivity contribution in [3.63, 3.8) is 0 Å². The molecule has 0 bridgehead atoms. The summed E-state index contributed by atoms with van der Waals surface area (Å²) in [4.78, 5) is 17.3. The first-order valence-electron chi connectivity index (χ1n) is 7.96. The standard InChI is InChI=1S/C17H26FN3O2/c1-11-9-14(19)15(10-13(11)18)20-12-5-7-21(8-6-12)23-16(22)17(2,3)4/h9-10,12,20H,5-8,19H2,1-4H3. The van der Waals surface area contributed by atoms with Crippen molar-refractivity contribution in [2.45, 2.75) is 46.6 Å². The third kappa shape index (κ3) is 4.58. The Labute approximate surface area is 136 Å². The summed E-state index contributed by atoms with van der Waals surface area (Å²) in [6, 6.07) is 3.26. The van der Waals surface area contributed by atoms with Gasteiger partial charge in [0.05, 0.1) is 16.8 Å². The molecule has 1 aromatic carbocycles. The average molecular weight is 323 g/mol. The Morgan fingerprint density at radius 3 is 2.52 bits per heavy atom. The highest BCUT2D eigenvalue weighted by Crippen LogP contribution is 2.26. The minimum absolute atomic E-state index is 0.184. The quantitative estimate of drug-likeness (QED) is 0.837. The molecule has 1 heterocycles. The van der Waals surface area contributed by atoms with Gasteiger partial charge in [0.15, 0.2) is 0 Å². The van der Waals surface area contributed by atoms with Gasteiger partial charge in [-0.15, -0.1) is 5.06 Å². The summed E-state index contributed by atoms with van der Waals surface area (Å²) in [5.74, 6) is -0.494. The molecule has 1 aliphatic rings. The highest BCUT2D eigenvalue weighted by molar-refractivity contribution is 5.75. The number of anilines is 2. The molecule has 1 fully saturated rings. The van der Waals surface area contributed by atoms with E-state index in [0.717, 1.165) is 12.8 Å². The molecule has 1 aromatic rings. The van der Waals surface area contributed by atoms with Gasteiger partial charge in [-0.3, -0.25) is 0 Å². The molecule has 0 saturated carbocycles. The number of nitrogens with zero attached hydrogens (tertiary/aromatic N) is 1. The normalized spacial score (nSPS) is 17.1. The van der Waals surface area contributed by atoms with Gasteiger partial charge in [-0.2, -0.15) is 0 Å². The Hall–Kier alpha value is -1.82. The molecule has 0 spiro atoms. The zero-order valence-corrected chi connectivity index (χ0v) is 14.3. The van der Waals surface area contributed by atoms with Gasteiger partial charge in [0.1, 0.15) is 5.82 Å². The van der Waals surface area contributed by atoms with Crippen LogP contribution in [0, 0.1) is 18.2 Å². The summed E-state index contributed by atoms with van der Waals surface area (Å²) < 4.78 is 13.7. The first kappa shape index (κ1) is 17.5. The second kappa shape index (κ2) is 6.74. The molecule has 3 N–H and O–H groups in total. The van der Waals surface area contributed by atoms with Gasteiger partial charge < -0.3 is 15.9 Å². The molecule has 128 valence electrons. The lowest BCUT2D eigenvalue weighted by Crippen LogP contribution is -2.42. The largest absolute Gasteiger partial charge is 0.397 e. The number of carbonyl (C=O) groups excluding carboxylic acids is 1. The van der Waals surface area contributed by atoms with Crippen molar-refractivity contribution in [3.8, 4) is 0 Å². The third-order valence-corrected chi connectivity index (χ3v) is 3.97. The van der Waals surface area contributed by atoms with Crippen LogP contribution in [0.5, 0.6) is 0 Å². The molecule has 0 amide bonds. The summed E-state index contributed by atoms with van der Waals surface area (Å²) >= 11 is 0. The Balaban J connectivity index is 1.88. The van der Waals surface area contributed by atoms with Gasteiger partial charge in [-0.05, 0) is 58.2 Å². The van der Waals surface area contributed by atoms with Gasteiger partial charge in [0, 0.05) is 19.1 Å². The number of rotatable bonds is 3. The van der Waals surface area contributed by atoms with Crippen LogP contribution in [0.2, 0.25) is 0 Å². The summed E-state index contributed by atoms with van der Waals surface area (Å²) in [7, 11) is 0. The summed E-state index contributed by atoms with van der Waals surface area (Å²) in [6.45, 7) is 8.48. The molecular weight excluding hydrogens is 297 g/mol. The Kier molecular flexibility index (Phi) is 5.14. The van der Waals surface area contributed by atoms with Crippen LogP contribution in [0.25, 0.3) is 0 Å². The molecule has 0 radical (unpaired) electrons. The van der Waals surface area contributed by atoms with E-state index in [9.17, 15) is 9.18 Å². The summed E-state index contributed by atoms with van der Waals surface area (Å²) in [5, 5.41) is 4.99. The first-order chi connectivity index (χ1) is 10.7. The van der Waals surface area contributed by atoms with Crippen LogP contribution >= 0.6 is 0 Å². The van der Waals surface area contributed by atoms with Crippen molar-refractivity contribution in [2.24, 2.45) is 5.41 Å². The Bertz CT molecular complexity index is 576. The van der Waals surface area contributed by atoms with Crippen LogP contribution < -0.4 is 11.1 Å². The van der Waals surface area contributed by atoms with Crippen LogP contribution in [0.4, 0.5) is 15.8 Å². The SMILES string of the molecule is Cc1cc(N)c(NC2CCN(OC(=O)C(C)(C)C)CC2)cc1F. The number of carbonyl (C=O) groups is 1. The first-order valence-corrected chi connectivity index (χ1v) is 7.96. The van der Waals surface area contributed by atoms with Crippen LogP contribution in [-0.4, -0.2) is 30.2 Å². The number of nitrogens with two attached hydrogens (primary N) is 1. The van der Waals surface area contributed by atoms with Crippen LogP contribution in [0.15, 0.2) is 12.1 Å². The molecule has 0 atom stereocenters. The number of halogens is 1. The topological polar surface area (TPSA) is 67.6 Å². The zero-order chi connectivity index (χ0) is 17.2. The fourth-order valence-corrected chi connectivity index (χ4v) is 2.39.